The summed E-state index contributed by atoms with van der Waals surface area (Å²) in [6.45, 7) is 1.64. The average Bonchev–Trinajstić information content (AvgIpc) is 3.05. The molecule has 0 fully saturated rings. The van der Waals surface area contributed by atoms with Crippen LogP contribution in [0.15, 0.2) is 15.9 Å². The molecule has 0 saturated heterocycles. The number of nitrogens with two attached hydrogens (primary N) is 2. The standard InChI is InChI=1S/C29H47N11O11/c1-3-5-7-15(4-2)17-10-20(42)39-28(38-17)40-29(51)34-13-22(44)35-16(8-6-9-32-27(30)31)24(47)33-12-21(43)36-18(11-23(45)46)25(48)37-19(14-41)26(49)50/h10,15-16,18-19,41H,3-9,11-14H2,1-2H3,(H,33,47)(H,35,44)(H,36,43)(H,37,48)(H,45,46)(H,49,50)(H4,30,31,32)(H3,34,38,39,40,42,51)/t15?,16-,18-,19-/m0/s1. The predicted octanol–water partition coefficient (Wildman–Crippen LogP) is -3.25. The van der Waals surface area contributed by atoms with Gasteiger partial charge in [-0.1, -0.05) is 26.7 Å². The van der Waals surface area contributed by atoms with E-state index in [9.17, 15) is 38.4 Å². The monoisotopic (exact) mass is 725 g/mol. The van der Waals surface area contributed by atoms with E-state index in [0.29, 0.717) is 5.69 Å². The first-order valence-corrected chi connectivity index (χ1v) is 16.0. The van der Waals surface area contributed by atoms with Crippen LogP contribution in [0.25, 0.3) is 0 Å². The van der Waals surface area contributed by atoms with E-state index in [1.54, 1.807) is 0 Å². The number of hydrogen-bond donors (Lipinski definition) is 12. The van der Waals surface area contributed by atoms with Crippen molar-refractivity contribution in [3.05, 3.63) is 22.1 Å². The van der Waals surface area contributed by atoms with E-state index in [0.717, 1.165) is 25.7 Å². The second-order valence-electron chi connectivity index (χ2n) is 11.2. The van der Waals surface area contributed by atoms with Gasteiger partial charge in [-0.2, -0.15) is 0 Å². The van der Waals surface area contributed by atoms with Gasteiger partial charge < -0.3 is 53.4 Å². The van der Waals surface area contributed by atoms with Crippen LogP contribution in [0.1, 0.15) is 70.4 Å². The molecule has 22 heteroatoms. The Bertz CT molecular complexity index is 1460. The molecule has 1 rings (SSSR count). The van der Waals surface area contributed by atoms with Gasteiger partial charge in [0.1, 0.15) is 18.1 Å². The molecule has 0 bridgehead atoms. The number of aliphatic hydroxyl groups excluding tert-OH is 1. The molecule has 0 aliphatic rings. The average molecular weight is 726 g/mol. The van der Waals surface area contributed by atoms with Gasteiger partial charge in [0.05, 0.1) is 31.8 Å². The molecule has 1 aromatic rings. The first-order chi connectivity index (χ1) is 24.1. The fourth-order valence-electron chi connectivity index (χ4n) is 4.46. The maximum atomic E-state index is 13.0. The number of aliphatic hydroxyl groups is 1. The van der Waals surface area contributed by atoms with Gasteiger partial charge in [-0.05, 0) is 25.7 Å². The molecule has 0 spiro atoms. The number of H-pyrrole nitrogens is 1. The van der Waals surface area contributed by atoms with Gasteiger partial charge in [0.2, 0.25) is 29.6 Å². The third-order valence-corrected chi connectivity index (χ3v) is 7.07. The highest BCUT2D eigenvalue weighted by Gasteiger charge is 2.29. The summed E-state index contributed by atoms with van der Waals surface area (Å²) in [4.78, 5) is 108. The van der Waals surface area contributed by atoms with Crippen LogP contribution in [0.4, 0.5) is 10.7 Å². The lowest BCUT2D eigenvalue weighted by Gasteiger charge is -2.21. The summed E-state index contributed by atoms with van der Waals surface area (Å²) in [7, 11) is 0. The number of anilines is 1. The van der Waals surface area contributed by atoms with Crippen molar-refractivity contribution in [3.8, 4) is 0 Å². The molecule has 14 N–H and O–H groups in total. The molecule has 1 aromatic heterocycles. The Morgan fingerprint density at radius 2 is 1.53 bits per heavy atom. The number of aliphatic imine (C=N–C) groups is 1. The first kappa shape index (κ1) is 43.2. The van der Waals surface area contributed by atoms with Gasteiger partial charge in [0, 0.05) is 18.5 Å². The minimum absolute atomic E-state index is 0.0110. The Labute approximate surface area is 292 Å². The molecule has 4 atom stereocenters. The fraction of sp³-hybridized carbons (Fsp3) is 0.586. The maximum Gasteiger partial charge on any atom is 0.328 e. The van der Waals surface area contributed by atoms with E-state index in [4.69, 9.17) is 26.8 Å². The van der Waals surface area contributed by atoms with Gasteiger partial charge in [-0.25, -0.2) is 14.6 Å². The van der Waals surface area contributed by atoms with Crippen molar-refractivity contribution in [2.24, 2.45) is 16.5 Å². The van der Waals surface area contributed by atoms with Crippen molar-refractivity contribution < 1.29 is 48.9 Å². The number of carboxylic acids is 2. The predicted molar refractivity (Wildman–Crippen MR) is 180 cm³/mol. The second-order valence-corrected chi connectivity index (χ2v) is 11.2. The number of nitrogens with one attached hydrogen (secondary N) is 7. The van der Waals surface area contributed by atoms with Crippen LogP contribution >= 0.6 is 0 Å². The summed E-state index contributed by atoms with van der Waals surface area (Å²) in [6, 6.07) is -4.34. The van der Waals surface area contributed by atoms with Crippen LogP contribution in [-0.4, -0.2) is 117 Å². The zero-order valence-electron chi connectivity index (χ0n) is 28.3. The number of unbranched alkanes of at least 4 members (excludes halogenated alkanes) is 1. The molecule has 0 saturated carbocycles. The lowest BCUT2D eigenvalue weighted by molar-refractivity contribution is -0.144. The molecule has 6 amide bonds. The molecule has 0 aliphatic heterocycles. The van der Waals surface area contributed by atoms with Crippen LogP contribution < -0.4 is 48.9 Å². The van der Waals surface area contributed by atoms with E-state index in [2.05, 4.69) is 41.5 Å². The molecule has 22 nitrogen and oxygen atoms in total. The van der Waals surface area contributed by atoms with Gasteiger partial charge in [-0.3, -0.25) is 44.1 Å². The van der Waals surface area contributed by atoms with Crippen molar-refractivity contribution >= 4 is 53.5 Å². The van der Waals surface area contributed by atoms with Crippen molar-refractivity contribution in [2.75, 3.05) is 31.6 Å². The van der Waals surface area contributed by atoms with E-state index in [1.807, 2.05) is 19.2 Å². The number of guanidine groups is 1. The topological polar surface area (TPSA) is 363 Å². The molecule has 51 heavy (non-hydrogen) atoms. The highest BCUT2D eigenvalue weighted by Crippen LogP contribution is 2.23. The van der Waals surface area contributed by atoms with Crippen molar-refractivity contribution in [2.45, 2.75) is 82.8 Å². The molecule has 0 radical (unpaired) electrons. The van der Waals surface area contributed by atoms with Crippen LogP contribution in [0.5, 0.6) is 0 Å². The Morgan fingerprint density at radius 3 is 2.10 bits per heavy atom. The van der Waals surface area contributed by atoms with Crippen molar-refractivity contribution in [1.29, 1.82) is 0 Å². The zero-order chi connectivity index (χ0) is 38.5. The van der Waals surface area contributed by atoms with Crippen molar-refractivity contribution in [1.82, 2.24) is 36.6 Å². The number of carbonyl (C=O) groups is 7. The number of urea groups is 1. The Morgan fingerprint density at radius 1 is 0.882 bits per heavy atom. The fourth-order valence-corrected chi connectivity index (χ4v) is 4.46. The summed E-state index contributed by atoms with van der Waals surface area (Å²) in [5.41, 5.74) is 10.7. The largest absolute Gasteiger partial charge is 0.481 e. The molecule has 1 heterocycles. The Kier molecular flexibility index (Phi) is 19.3. The zero-order valence-corrected chi connectivity index (χ0v) is 28.3. The smallest absolute Gasteiger partial charge is 0.328 e. The molecular formula is C29H47N11O11. The lowest BCUT2D eigenvalue weighted by atomic mass is 9.96. The van der Waals surface area contributed by atoms with E-state index in [1.165, 1.54) is 6.07 Å². The maximum absolute atomic E-state index is 13.0. The summed E-state index contributed by atoms with van der Waals surface area (Å²) in [5.74, 6) is -7.43. The highest BCUT2D eigenvalue weighted by atomic mass is 16.4. The SMILES string of the molecule is CCCCC(CC)c1cc(=O)[nH]c(NC(=O)NCC(=O)N[C@@H](CCCN=C(N)N)C(=O)NCC(=O)N[C@@H](CC(=O)O)C(=O)N[C@@H](CO)C(=O)O)n1. The normalized spacial score (nSPS) is 12.9. The van der Waals surface area contributed by atoms with Crippen LogP contribution in [-0.2, 0) is 28.8 Å². The van der Waals surface area contributed by atoms with E-state index in [-0.39, 0.29) is 37.2 Å². The summed E-state index contributed by atoms with van der Waals surface area (Å²) >= 11 is 0. The van der Waals surface area contributed by atoms with Gasteiger partial charge in [0.25, 0.3) is 5.56 Å². The number of rotatable bonds is 23. The third kappa shape index (κ3) is 17.4. The molecule has 0 aliphatic carbocycles. The van der Waals surface area contributed by atoms with E-state index < -0.39 is 91.4 Å². The summed E-state index contributed by atoms with van der Waals surface area (Å²) in [5, 5.41) is 40.4. The van der Waals surface area contributed by atoms with Crippen LogP contribution in [0.2, 0.25) is 0 Å². The Hall–Kier alpha value is -5.80. The molecule has 1 unspecified atom stereocenters. The first-order valence-electron chi connectivity index (χ1n) is 16.0. The number of aromatic nitrogens is 2. The number of amides is 6. The van der Waals surface area contributed by atoms with Crippen LogP contribution in [0.3, 0.4) is 0 Å². The van der Waals surface area contributed by atoms with Gasteiger partial charge in [-0.15, -0.1) is 0 Å². The van der Waals surface area contributed by atoms with Gasteiger partial charge in [0.15, 0.2) is 5.96 Å². The number of carboxylic acid groups (broad SMARTS) is 2. The number of carbonyl (C=O) groups excluding carboxylic acids is 5. The molecule has 284 valence electrons. The summed E-state index contributed by atoms with van der Waals surface area (Å²) < 4.78 is 0. The van der Waals surface area contributed by atoms with E-state index >= 15 is 0 Å². The number of nitrogens with zero attached hydrogens (tertiary/aromatic N) is 2. The number of aliphatic carboxylic acids is 2. The minimum Gasteiger partial charge on any atom is -0.481 e. The number of hydrogen-bond acceptors (Lipinski definition) is 11. The second kappa shape index (κ2) is 22.8. The lowest BCUT2D eigenvalue weighted by Crippen LogP contribution is -2.55. The molecule has 0 aromatic carbocycles. The number of aromatic amines is 1. The quantitative estimate of drug-likeness (QED) is 0.0300. The molecular weight excluding hydrogens is 678 g/mol. The third-order valence-electron chi connectivity index (χ3n) is 7.07. The van der Waals surface area contributed by atoms with Crippen LogP contribution in [0, 0.1) is 0 Å². The highest BCUT2D eigenvalue weighted by molar-refractivity contribution is 5.95. The Balaban J connectivity index is 2.88. The van der Waals surface area contributed by atoms with Crippen molar-refractivity contribution in [3.63, 3.8) is 0 Å². The minimum atomic E-state index is -1.77. The van der Waals surface area contributed by atoms with Gasteiger partial charge >= 0.3 is 18.0 Å². The summed E-state index contributed by atoms with van der Waals surface area (Å²) in [6.07, 6.45) is 2.62.